The maximum absolute atomic E-state index is 9.51. The van der Waals surface area contributed by atoms with Crippen LogP contribution in [0.1, 0.15) is 29.4 Å². The van der Waals surface area contributed by atoms with Gasteiger partial charge in [0.05, 0.1) is 5.69 Å². The van der Waals surface area contributed by atoms with E-state index in [0.717, 1.165) is 17.0 Å². The molecule has 0 radical (unpaired) electrons. The van der Waals surface area contributed by atoms with E-state index in [4.69, 9.17) is 16.6 Å². The fourth-order valence-electron chi connectivity index (χ4n) is 3.25. The van der Waals surface area contributed by atoms with Crippen LogP contribution in [-0.2, 0) is 6.54 Å². The van der Waals surface area contributed by atoms with Crippen molar-refractivity contribution < 1.29 is 5.11 Å². The van der Waals surface area contributed by atoms with E-state index in [1.807, 2.05) is 55.5 Å². The van der Waals surface area contributed by atoms with Gasteiger partial charge in [-0.1, -0.05) is 41.9 Å². The molecule has 3 aromatic rings. The van der Waals surface area contributed by atoms with Gasteiger partial charge in [-0.25, -0.2) is 9.97 Å². The van der Waals surface area contributed by atoms with E-state index < -0.39 is 0 Å². The summed E-state index contributed by atoms with van der Waals surface area (Å²) >= 11 is 5.99. The van der Waals surface area contributed by atoms with Crippen molar-refractivity contribution >= 4 is 11.6 Å². The number of aliphatic hydroxyl groups is 1. The predicted octanol–water partition coefficient (Wildman–Crippen LogP) is 4.66. The van der Waals surface area contributed by atoms with Crippen LogP contribution in [0.4, 0.5) is 0 Å². The van der Waals surface area contributed by atoms with Gasteiger partial charge in [-0.05, 0) is 56.3 Å². The third-order valence-corrected chi connectivity index (χ3v) is 4.79. The van der Waals surface area contributed by atoms with Crippen molar-refractivity contribution in [3.63, 3.8) is 0 Å². The summed E-state index contributed by atoms with van der Waals surface area (Å²) in [4.78, 5) is 11.5. The van der Waals surface area contributed by atoms with Crippen LogP contribution in [0.15, 0.2) is 60.7 Å². The van der Waals surface area contributed by atoms with Crippen LogP contribution in [0.25, 0.3) is 11.4 Å². The second-order valence-electron chi connectivity index (χ2n) is 6.69. The SMILES string of the molecule is Cc1cc(CN(C)[C@H](CCO)c2ccccc2)nc(-c2ccc(Cl)cc2)n1. The van der Waals surface area contributed by atoms with Crippen molar-refractivity contribution in [2.24, 2.45) is 0 Å². The predicted molar refractivity (Wildman–Crippen MR) is 110 cm³/mol. The zero-order valence-corrected chi connectivity index (χ0v) is 16.4. The van der Waals surface area contributed by atoms with E-state index in [1.165, 1.54) is 5.56 Å². The molecular weight excluding hydrogens is 358 g/mol. The van der Waals surface area contributed by atoms with Crippen molar-refractivity contribution in [3.05, 3.63) is 82.6 Å². The Morgan fingerprint density at radius 2 is 1.74 bits per heavy atom. The first kappa shape index (κ1) is 19.5. The Hall–Kier alpha value is -2.27. The summed E-state index contributed by atoms with van der Waals surface area (Å²) in [6.45, 7) is 2.79. The van der Waals surface area contributed by atoms with E-state index in [2.05, 4.69) is 29.1 Å². The van der Waals surface area contributed by atoms with E-state index >= 15 is 0 Å². The zero-order valence-electron chi connectivity index (χ0n) is 15.6. The number of nitrogens with zero attached hydrogens (tertiary/aromatic N) is 3. The molecule has 1 heterocycles. The van der Waals surface area contributed by atoms with Crippen molar-refractivity contribution in [1.82, 2.24) is 14.9 Å². The molecule has 0 bridgehead atoms. The van der Waals surface area contributed by atoms with Crippen LogP contribution in [0.5, 0.6) is 0 Å². The standard InChI is InChI=1S/C22H24ClN3O/c1-16-14-20(25-22(24-16)18-8-10-19(23)11-9-18)15-26(2)21(12-13-27)17-6-4-3-5-7-17/h3-11,14,21,27H,12-13,15H2,1-2H3/t21-/m1/s1. The van der Waals surface area contributed by atoms with Crippen LogP contribution in [-0.4, -0.2) is 33.6 Å². The van der Waals surface area contributed by atoms with Gasteiger partial charge in [-0.3, -0.25) is 4.90 Å². The monoisotopic (exact) mass is 381 g/mol. The molecule has 0 saturated heterocycles. The molecule has 0 unspecified atom stereocenters. The first-order chi connectivity index (χ1) is 13.1. The number of aromatic nitrogens is 2. The van der Waals surface area contributed by atoms with Gasteiger partial charge in [0.15, 0.2) is 5.82 Å². The van der Waals surface area contributed by atoms with Crippen LogP contribution >= 0.6 is 11.6 Å². The molecule has 0 aliphatic heterocycles. The Bertz CT molecular complexity index is 868. The minimum absolute atomic E-state index is 0.130. The quantitative estimate of drug-likeness (QED) is 0.646. The molecule has 5 heteroatoms. The number of benzene rings is 2. The van der Waals surface area contributed by atoms with Crippen LogP contribution in [0.3, 0.4) is 0 Å². The summed E-state index contributed by atoms with van der Waals surface area (Å²) < 4.78 is 0. The van der Waals surface area contributed by atoms with Gasteiger partial charge in [0, 0.05) is 35.5 Å². The van der Waals surface area contributed by atoms with Gasteiger partial charge in [0.1, 0.15) is 0 Å². The lowest BCUT2D eigenvalue weighted by Gasteiger charge is -2.28. The zero-order chi connectivity index (χ0) is 19.2. The Balaban J connectivity index is 1.84. The highest BCUT2D eigenvalue weighted by molar-refractivity contribution is 6.30. The normalized spacial score (nSPS) is 12.3. The average molecular weight is 382 g/mol. The number of halogens is 1. The summed E-state index contributed by atoms with van der Waals surface area (Å²) in [5, 5.41) is 10.2. The Morgan fingerprint density at radius 3 is 2.41 bits per heavy atom. The number of hydrogen-bond acceptors (Lipinski definition) is 4. The molecular formula is C22H24ClN3O. The lowest BCUT2D eigenvalue weighted by molar-refractivity contribution is 0.178. The molecule has 3 rings (SSSR count). The maximum Gasteiger partial charge on any atom is 0.159 e. The lowest BCUT2D eigenvalue weighted by Crippen LogP contribution is -2.25. The number of aryl methyl sites for hydroxylation is 1. The van der Waals surface area contributed by atoms with Gasteiger partial charge in [0.25, 0.3) is 0 Å². The lowest BCUT2D eigenvalue weighted by atomic mass is 10.0. The molecule has 1 aromatic heterocycles. The fourth-order valence-corrected chi connectivity index (χ4v) is 3.37. The van der Waals surface area contributed by atoms with E-state index in [0.29, 0.717) is 23.8 Å². The maximum atomic E-state index is 9.51. The first-order valence-electron chi connectivity index (χ1n) is 9.03. The summed E-state index contributed by atoms with van der Waals surface area (Å²) in [5.41, 5.74) is 4.02. The van der Waals surface area contributed by atoms with Crippen LogP contribution < -0.4 is 0 Å². The Morgan fingerprint density at radius 1 is 1.04 bits per heavy atom. The summed E-state index contributed by atoms with van der Waals surface area (Å²) in [5.74, 6) is 0.702. The fraction of sp³-hybridized carbons (Fsp3) is 0.273. The molecule has 0 aliphatic rings. The van der Waals surface area contributed by atoms with Gasteiger partial charge < -0.3 is 5.11 Å². The van der Waals surface area contributed by atoms with Gasteiger partial charge in [-0.2, -0.15) is 0 Å². The molecule has 27 heavy (non-hydrogen) atoms. The molecule has 1 N–H and O–H groups in total. The smallest absolute Gasteiger partial charge is 0.159 e. The summed E-state index contributed by atoms with van der Waals surface area (Å²) in [6.07, 6.45) is 0.675. The molecule has 0 amide bonds. The van der Waals surface area contributed by atoms with E-state index in [9.17, 15) is 5.11 Å². The van der Waals surface area contributed by atoms with Gasteiger partial charge in [0.2, 0.25) is 0 Å². The van der Waals surface area contributed by atoms with Crippen LogP contribution in [0.2, 0.25) is 5.02 Å². The van der Waals surface area contributed by atoms with Crippen molar-refractivity contribution in [2.75, 3.05) is 13.7 Å². The minimum atomic E-state index is 0.130. The molecule has 0 fully saturated rings. The van der Waals surface area contributed by atoms with Crippen LogP contribution in [0, 0.1) is 6.92 Å². The second-order valence-corrected chi connectivity index (χ2v) is 7.12. The van der Waals surface area contributed by atoms with Gasteiger partial charge >= 0.3 is 0 Å². The highest BCUT2D eigenvalue weighted by Gasteiger charge is 2.18. The number of rotatable bonds is 7. The van der Waals surface area contributed by atoms with E-state index in [-0.39, 0.29) is 12.6 Å². The van der Waals surface area contributed by atoms with Crippen molar-refractivity contribution in [1.29, 1.82) is 0 Å². The molecule has 0 aliphatic carbocycles. The molecule has 1 atom stereocenters. The third-order valence-electron chi connectivity index (χ3n) is 4.54. The number of aliphatic hydroxyl groups excluding tert-OH is 1. The summed E-state index contributed by atoms with van der Waals surface area (Å²) in [6, 6.07) is 20.0. The Kier molecular flexibility index (Phi) is 6.56. The average Bonchev–Trinajstić information content (AvgIpc) is 2.66. The first-order valence-corrected chi connectivity index (χ1v) is 9.41. The van der Waals surface area contributed by atoms with Crippen molar-refractivity contribution in [2.45, 2.75) is 25.9 Å². The summed E-state index contributed by atoms with van der Waals surface area (Å²) in [7, 11) is 2.06. The van der Waals surface area contributed by atoms with Crippen molar-refractivity contribution in [3.8, 4) is 11.4 Å². The van der Waals surface area contributed by atoms with E-state index in [1.54, 1.807) is 0 Å². The third kappa shape index (κ3) is 5.13. The second kappa shape index (κ2) is 9.09. The molecule has 2 aromatic carbocycles. The molecule has 4 nitrogen and oxygen atoms in total. The molecule has 140 valence electrons. The Labute approximate surface area is 165 Å². The minimum Gasteiger partial charge on any atom is -0.396 e. The number of hydrogen-bond donors (Lipinski definition) is 1. The molecule has 0 saturated carbocycles. The topological polar surface area (TPSA) is 49.2 Å². The molecule has 0 spiro atoms. The van der Waals surface area contributed by atoms with Gasteiger partial charge in [-0.15, -0.1) is 0 Å². The highest BCUT2D eigenvalue weighted by Crippen LogP contribution is 2.25. The highest BCUT2D eigenvalue weighted by atomic mass is 35.5. The largest absolute Gasteiger partial charge is 0.396 e.